The summed E-state index contributed by atoms with van der Waals surface area (Å²) in [5.41, 5.74) is 7.78. The third-order valence-electron chi connectivity index (χ3n) is 4.52. The van der Waals surface area contributed by atoms with E-state index in [1.54, 1.807) is 43.3 Å². The lowest BCUT2D eigenvalue weighted by atomic mass is 10.0. The predicted molar refractivity (Wildman–Crippen MR) is 121 cm³/mol. The van der Waals surface area contributed by atoms with E-state index >= 15 is 0 Å². The number of hydrazone groups is 1. The molecule has 7 nitrogen and oxygen atoms in total. The van der Waals surface area contributed by atoms with E-state index in [-0.39, 0.29) is 17.2 Å². The first-order valence-electron chi connectivity index (χ1n) is 9.47. The fourth-order valence-corrected chi connectivity index (χ4v) is 3.05. The van der Waals surface area contributed by atoms with Crippen molar-refractivity contribution in [3.05, 3.63) is 108 Å². The van der Waals surface area contributed by atoms with Gasteiger partial charge in [-0.25, -0.2) is 0 Å². The van der Waals surface area contributed by atoms with Crippen molar-refractivity contribution in [3.8, 4) is 5.75 Å². The number of phenolic OH excluding ortho intramolecular Hbond substituents is 1. The number of rotatable bonds is 7. The Bertz CT molecular complexity index is 1130. The number of carbonyl (C=O) groups excluding carboxylic acids is 2. The first kappa shape index (κ1) is 21.3. The summed E-state index contributed by atoms with van der Waals surface area (Å²) in [7, 11) is 0. The lowest BCUT2D eigenvalue weighted by Gasteiger charge is -2.17. The second-order valence-electron chi connectivity index (χ2n) is 6.55. The van der Waals surface area contributed by atoms with Crippen molar-refractivity contribution in [1.82, 2.24) is 15.9 Å². The highest BCUT2D eigenvalue weighted by molar-refractivity contribution is 6.28. The van der Waals surface area contributed by atoms with Crippen LogP contribution < -0.4 is 10.9 Å². The van der Waals surface area contributed by atoms with E-state index in [0.717, 1.165) is 0 Å². The van der Waals surface area contributed by atoms with Crippen molar-refractivity contribution in [2.24, 2.45) is 5.10 Å². The number of hydrazine groups is 1. The van der Waals surface area contributed by atoms with E-state index in [0.29, 0.717) is 28.2 Å². The Balaban J connectivity index is 2.00. The van der Waals surface area contributed by atoms with Crippen LogP contribution in [0.4, 0.5) is 0 Å². The minimum atomic E-state index is -0.553. The lowest BCUT2D eigenvalue weighted by molar-refractivity contribution is -0.123. The number of nitrogens with one attached hydrogen (secondary N) is 2. The highest BCUT2D eigenvalue weighted by Crippen LogP contribution is 2.26. The van der Waals surface area contributed by atoms with Crippen molar-refractivity contribution < 1.29 is 14.7 Å². The van der Waals surface area contributed by atoms with Crippen LogP contribution in [-0.2, 0) is 4.79 Å². The fourth-order valence-electron chi connectivity index (χ4n) is 3.05. The van der Waals surface area contributed by atoms with Crippen LogP contribution in [0.2, 0.25) is 0 Å². The molecule has 0 saturated heterocycles. The van der Waals surface area contributed by atoms with Crippen molar-refractivity contribution >= 4 is 23.2 Å². The molecule has 0 aliphatic carbocycles. The minimum absolute atomic E-state index is 0.0973. The van der Waals surface area contributed by atoms with Gasteiger partial charge in [-0.3, -0.25) is 20.4 Å². The second-order valence-corrected chi connectivity index (χ2v) is 6.55. The fraction of sp³-hybridized carbons (Fsp3) is 0.0417. The quantitative estimate of drug-likeness (QED) is 0.367. The summed E-state index contributed by atoms with van der Waals surface area (Å²) in [6.07, 6.45) is 4.68. The first-order valence-corrected chi connectivity index (χ1v) is 9.47. The largest absolute Gasteiger partial charge is 0.507 e. The van der Waals surface area contributed by atoms with Crippen LogP contribution >= 0.6 is 0 Å². The maximum absolute atomic E-state index is 13.2. The van der Waals surface area contributed by atoms with Gasteiger partial charge in [-0.2, -0.15) is 10.1 Å². The van der Waals surface area contributed by atoms with E-state index in [4.69, 9.17) is 0 Å². The average molecular weight is 414 g/mol. The molecule has 0 saturated carbocycles. The number of hydrogen-bond acceptors (Lipinski definition) is 5. The minimum Gasteiger partial charge on any atom is -0.507 e. The normalized spacial score (nSPS) is 15.3. The SMILES string of the molecule is C=C/C=C(\C=C)N1N=C(C)/C(=C(/NNC(=O)c2ccccc2O)c2ccccc2)C1=O. The number of hydrogen-bond donors (Lipinski definition) is 3. The number of allylic oxidation sites excluding steroid dienone is 3. The van der Waals surface area contributed by atoms with Crippen LogP contribution in [0.1, 0.15) is 22.8 Å². The van der Waals surface area contributed by atoms with Gasteiger partial charge in [-0.15, -0.1) is 0 Å². The van der Waals surface area contributed by atoms with Crippen LogP contribution in [0.15, 0.2) is 102 Å². The topological polar surface area (TPSA) is 94.0 Å². The molecule has 0 bridgehead atoms. The number of phenols is 1. The Morgan fingerprint density at radius 1 is 1.06 bits per heavy atom. The van der Waals surface area contributed by atoms with E-state index in [9.17, 15) is 14.7 Å². The molecule has 1 aliphatic rings. The Morgan fingerprint density at radius 2 is 1.74 bits per heavy atom. The summed E-state index contributed by atoms with van der Waals surface area (Å²) < 4.78 is 0. The number of aromatic hydroxyl groups is 1. The number of carbonyl (C=O) groups is 2. The molecule has 156 valence electrons. The Labute approximate surface area is 180 Å². The third-order valence-corrected chi connectivity index (χ3v) is 4.52. The lowest BCUT2D eigenvalue weighted by Crippen LogP contribution is -2.38. The zero-order chi connectivity index (χ0) is 22.4. The standard InChI is InChI=1S/C24H22N4O3/c1-4-11-18(5-2)28-24(31)21(16(3)27-28)22(17-12-7-6-8-13-17)25-26-23(30)19-14-9-10-15-20(19)29/h4-15,25,29H,1-2H2,3H3,(H,26,30)/b18-11+,22-21-. The maximum atomic E-state index is 13.2. The van der Waals surface area contributed by atoms with Crippen LogP contribution in [0.3, 0.4) is 0 Å². The molecule has 0 radical (unpaired) electrons. The molecule has 0 unspecified atom stereocenters. The molecule has 0 atom stereocenters. The van der Waals surface area contributed by atoms with Crippen molar-refractivity contribution in [2.75, 3.05) is 0 Å². The van der Waals surface area contributed by atoms with Crippen molar-refractivity contribution in [3.63, 3.8) is 0 Å². The number of amides is 2. The zero-order valence-corrected chi connectivity index (χ0v) is 17.0. The van der Waals surface area contributed by atoms with Crippen LogP contribution in [-0.4, -0.2) is 27.6 Å². The van der Waals surface area contributed by atoms with Crippen molar-refractivity contribution in [2.45, 2.75) is 6.92 Å². The molecule has 2 aromatic rings. The molecule has 2 amide bonds. The molecule has 31 heavy (non-hydrogen) atoms. The highest BCUT2D eigenvalue weighted by atomic mass is 16.3. The van der Waals surface area contributed by atoms with Gasteiger partial charge in [0.25, 0.3) is 11.8 Å². The third kappa shape index (κ3) is 4.45. The second kappa shape index (κ2) is 9.41. The van der Waals surface area contributed by atoms with Gasteiger partial charge in [0.2, 0.25) is 0 Å². The molecule has 0 aromatic heterocycles. The van der Waals surface area contributed by atoms with Gasteiger partial charge >= 0.3 is 0 Å². The molecule has 3 rings (SSSR count). The molecule has 1 aliphatic heterocycles. The summed E-state index contributed by atoms with van der Waals surface area (Å²) in [5.74, 6) is -1.09. The average Bonchev–Trinajstić information content (AvgIpc) is 3.07. The van der Waals surface area contributed by atoms with Gasteiger partial charge in [0.1, 0.15) is 5.75 Å². The molecule has 0 spiro atoms. The first-order chi connectivity index (χ1) is 15.0. The van der Waals surface area contributed by atoms with Crippen LogP contribution in [0, 0.1) is 0 Å². The Hall–Kier alpha value is -4.39. The highest BCUT2D eigenvalue weighted by Gasteiger charge is 2.32. The molecule has 2 aromatic carbocycles. The Kier molecular flexibility index (Phi) is 6.47. The predicted octanol–water partition coefficient (Wildman–Crippen LogP) is 3.51. The monoisotopic (exact) mass is 414 g/mol. The summed E-state index contributed by atoms with van der Waals surface area (Å²) in [6, 6.07) is 15.3. The summed E-state index contributed by atoms with van der Waals surface area (Å²) in [5, 5.41) is 15.5. The molecule has 7 heteroatoms. The number of benzene rings is 2. The zero-order valence-electron chi connectivity index (χ0n) is 17.0. The van der Waals surface area contributed by atoms with Gasteiger partial charge in [-0.05, 0) is 31.2 Å². The molecular weight excluding hydrogens is 392 g/mol. The van der Waals surface area contributed by atoms with Gasteiger partial charge in [0, 0.05) is 5.56 Å². The number of para-hydroxylation sites is 1. The van der Waals surface area contributed by atoms with E-state index < -0.39 is 5.91 Å². The van der Waals surface area contributed by atoms with Gasteiger partial charge in [0.15, 0.2) is 0 Å². The number of nitrogens with zero attached hydrogens (tertiary/aromatic N) is 2. The summed E-state index contributed by atoms with van der Waals surface area (Å²) in [6.45, 7) is 9.07. The molecule has 0 fully saturated rings. The van der Waals surface area contributed by atoms with Gasteiger partial charge < -0.3 is 5.11 Å². The van der Waals surface area contributed by atoms with Gasteiger partial charge in [-0.1, -0.05) is 61.7 Å². The molecule has 3 N–H and O–H groups in total. The molecule has 1 heterocycles. The summed E-state index contributed by atoms with van der Waals surface area (Å²) in [4.78, 5) is 25.8. The van der Waals surface area contributed by atoms with E-state index in [2.05, 4.69) is 29.1 Å². The van der Waals surface area contributed by atoms with Crippen LogP contribution in [0.5, 0.6) is 5.75 Å². The Morgan fingerprint density at radius 3 is 2.39 bits per heavy atom. The maximum Gasteiger partial charge on any atom is 0.282 e. The van der Waals surface area contributed by atoms with E-state index in [1.165, 1.54) is 23.2 Å². The van der Waals surface area contributed by atoms with E-state index in [1.807, 2.05) is 18.2 Å². The van der Waals surface area contributed by atoms with Gasteiger partial charge in [0.05, 0.1) is 28.2 Å². The summed E-state index contributed by atoms with van der Waals surface area (Å²) >= 11 is 0. The smallest absolute Gasteiger partial charge is 0.282 e. The molecular formula is C24H22N4O3. The van der Waals surface area contributed by atoms with Crippen LogP contribution in [0.25, 0.3) is 5.70 Å². The van der Waals surface area contributed by atoms with Crippen molar-refractivity contribution in [1.29, 1.82) is 0 Å².